The normalized spacial score (nSPS) is 10.4. The molecule has 0 aromatic heterocycles. The molecule has 21 heavy (non-hydrogen) atoms. The van der Waals surface area contributed by atoms with Crippen LogP contribution in [-0.2, 0) is 10.5 Å². The number of nitrogens with two attached hydrogens (primary N) is 1. The number of anilines is 1. The van der Waals surface area contributed by atoms with Gasteiger partial charge in [0.25, 0.3) is 0 Å². The number of nitrogen functional groups attached to an aromatic ring is 1. The number of thioether (sulfide) groups is 1. The van der Waals surface area contributed by atoms with E-state index in [0.29, 0.717) is 16.2 Å². The second-order valence-corrected chi connectivity index (χ2v) is 5.33. The molecule has 0 atom stereocenters. The number of benzene rings is 2. The Balaban J connectivity index is 2.08. The molecule has 6 heteroatoms. The molecule has 0 aliphatic heterocycles. The van der Waals surface area contributed by atoms with E-state index >= 15 is 0 Å². The van der Waals surface area contributed by atoms with Gasteiger partial charge in [0.15, 0.2) is 0 Å². The molecule has 0 saturated heterocycles. The number of carbonyl (C=O) groups excluding carboxylic acids is 1. The summed E-state index contributed by atoms with van der Waals surface area (Å²) in [6, 6.07) is 8.80. The molecule has 2 N–H and O–H groups in total. The SMILES string of the molecule is COC(=O)c1ccc(CSc2ccc(N)c(F)c2)cc1F. The average molecular weight is 309 g/mol. The Morgan fingerprint density at radius 1 is 1.19 bits per heavy atom. The lowest BCUT2D eigenvalue weighted by atomic mass is 10.1. The Hall–Kier alpha value is -2.08. The van der Waals surface area contributed by atoms with E-state index in [1.54, 1.807) is 12.1 Å². The van der Waals surface area contributed by atoms with Crippen molar-refractivity contribution in [3.05, 3.63) is 59.2 Å². The Labute approximate surface area is 125 Å². The van der Waals surface area contributed by atoms with Crippen molar-refractivity contribution in [1.82, 2.24) is 0 Å². The van der Waals surface area contributed by atoms with Gasteiger partial charge < -0.3 is 10.5 Å². The van der Waals surface area contributed by atoms with Crippen LogP contribution >= 0.6 is 11.8 Å². The van der Waals surface area contributed by atoms with E-state index in [1.165, 1.54) is 43.1 Å². The maximum atomic E-state index is 13.7. The van der Waals surface area contributed by atoms with E-state index in [-0.39, 0.29) is 11.3 Å². The second kappa shape index (κ2) is 6.58. The molecule has 0 amide bonds. The van der Waals surface area contributed by atoms with E-state index < -0.39 is 17.6 Å². The molecule has 0 radical (unpaired) electrons. The summed E-state index contributed by atoms with van der Waals surface area (Å²) in [7, 11) is 1.20. The van der Waals surface area contributed by atoms with Gasteiger partial charge in [-0.3, -0.25) is 0 Å². The molecule has 0 aliphatic rings. The van der Waals surface area contributed by atoms with E-state index in [4.69, 9.17) is 5.73 Å². The summed E-state index contributed by atoms with van der Waals surface area (Å²) in [5, 5.41) is 0. The van der Waals surface area contributed by atoms with Crippen LogP contribution in [-0.4, -0.2) is 13.1 Å². The van der Waals surface area contributed by atoms with Crippen LogP contribution in [0.2, 0.25) is 0 Å². The lowest BCUT2D eigenvalue weighted by molar-refractivity contribution is 0.0595. The number of methoxy groups -OCH3 is 1. The molecule has 2 aromatic carbocycles. The van der Waals surface area contributed by atoms with Crippen molar-refractivity contribution in [1.29, 1.82) is 0 Å². The third-order valence-electron chi connectivity index (χ3n) is 2.82. The predicted octanol–water partition coefficient (Wildman–Crippen LogP) is 3.63. The number of carbonyl (C=O) groups is 1. The van der Waals surface area contributed by atoms with Crippen LogP contribution in [0, 0.1) is 11.6 Å². The van der Waals surface area contributed by atoms with Gasteiger partial charge in [-0.1, -0.05) is 6.07 Å². The van der Waals surface area contributed by atoms with Crippen LogP contribution in [0.3, 0.4) is 0 Å². The Kier molecular flexibility index (Phi) is 4.80. The maximum Gasteiger partial charge on any atom is 0.340 e. The molecule has 0 aliphatic carbocycles. The van der Waals surface area contributed by atoms with Crippen molar-refractivity contribution in [3.8, 4) is 0 Å². The molecule has 0 bridgehead atoms. The van der Waals surface area contributed by atoms with Crippen LogP contribution in [0.5, 0.6) is 0 Å². The number of esters is 1. The fourth-order valence-corrected chi connectivity index (χ4v) is 2.55. The first-order valence-corrected chi connectivity index (χ1v) is 7.04. The topological polar surface area (TPSA) is 52.3 Å². The summed E-state index contributed by atoms with van der Waals surface area (Å²) < 4.78 is 31.5. The monoisotopic (exact) mass is 309 g/mol. The van der Waals surface area contributed by atoms with E-state index in [1.807, 2.05) is 0 Å². The van der Waals surface area contributed by atoms with Crippen LogP contribution in [0.25, 0.3) is 0 Å². The number of hydrogen-bond donors (Lipinski definition) is 1. The minimum absolute atomic E-state index is 0.0906. The summed E-state index contributed by atoms with van der Waals surface area (Å²) in [6.45, 7) is 0. The number of ether oxygens (including phenoxy) is 1. The summed E-state index contributed by atoms with van der Waals surface area (Å²) >= 11 is 1.35. The van der Waals surface area contributed by atoms with Gasteiger partial charge in [0.1, 0.15) is 11.6 Å². The average Bonchev–Trinajstić information content (AvgIpc) is 2.48. The molecular formula is C15H13F2NO2S. The van der Waals surface area contributed by atoms with Crippen molar-refractivity contribution in [2.75, 3.05) is 12.8 Å². The second-order valence-electron chi connectivity index (χ2n) is 4.28. The summed E-state index contributed by atoms with van der Waals surface area (Å²) in [6.07, 6.45) is 0. The third-order valence-corrected chi connectivity index (χ3v) is 3.88. The summed E-state index contributed by atoms with van der Waals surface area (Å²) in [5.41, 5.74) is 6.06. The van der Waals surface area contributed by atoms with Gasteiger partial charge >= 0.3 is 5.97 Å². The smallest absolute Gasteiger partial charge is 0.340 e. The molecule has 3 nitrogen and oxygen atoms in total. The van der Waals surface area contributed by atoms with Crippen LogP contribution in [0.15, 0.2) is 41.3 Å². The third kappa shape index (κ3) is 3.72. The highest BCUT2D eigenvalue weighted by molar-refractivity contribution is 7.98. The Morgan fingerprint density at radius 2 is 1.95 bits per heavy atom. The van der Waals surface area contributed by atoms with Gasteiger partial charge in [0.05, 0.1) is 18.4 Å². The number of hydrogen-bond acceptors (Lipinski definition) is 4. The molecular weight excluding hydrogens is 296 g/mol. The first-order chi connectivity index (χ1) is 10.0. The van der Waals surface area contributed by atoms with Gasteiger partial charge in [0, 0.05) is 10.6 Å². The highest BCUT2D eigenvalue weighted by Gasteiger charge is 2.12. The molecule has 0 saturated carbocycles. The lowest BCUT2D eigenvalue weighted by Gasteiger charge is -2.06. The molecule has 0 spiro atoms. The zero-order chi connectivity index (χ0) is 15.4. The largest absolute Gasteiger partial charge is 0.465 e. The number of rotatable bonds is 4. The summed E-state index contributed by atoms with van der Waals surface area (Å²) in [5.74, 6) is -1.38. The summed E-state index contributed by atoms with van der Waals surface area (Å²) in [4.78, 5) is 12.0. The van der Waals surface area contributed by atoms with E-state index in [0.717, 1.165) is 0 Å². The Bertz CT molecular complexity index is 677. The highest BCUT2D eigenvalue weighted by atomic mass is 32.2. The maximum absolute atomic E-state index is 13.7. The zero-order valence-electron chi connectivity index (χ0n) is 11.2. The van der Waals surface area contributed by atoms with Crippen molar-refractivity contribution >= 4 is 23.4 Å². The minimum Gasteiger partial charge on any atom is -0.465 e. The standard InChI is InChI=1S/C15H13F2NO2S/c1-20-15(19)11-4-2-9(6-12(11)16)8-21-10-3-5-14(18)13(17)7-10/h2-7H,8,18H2,1H3. The minimum atomic E-state index is -0.715. The van der Waals surface area contributed by atoms with Gasteiger partial charge in [-0.05, 0) is 35.9 Å². The quantitative estimate of drug-likeness (QED) is 0.532. The molecule has 2 aromatic rings. The fraction of sp³-hybridized carbons (Fsp3) is 0.133. The van der Waals surface area contributed by atoms with Crippen molar-refractivity contribution in [2.24, 2.45) is 0 Å². The molecule has 2 rings (SSSR count). The molecule has 0 fully saturated rings. The molecule has 0 unspecified atom stereocenters. The number of halogens is 2. The van der Waals surface area contributed by atoms with E-state index in [9.17, 15) is 13.6 Å². The molecule has 110 valence electrons. The first kappa shape index (κ1) is 15.3. The van der Waals surface area contributed by atoms with Crippen molar-refractivity contribution in [3.63, 3.8) is 0 Å². The first-order valence-electron chi connectivity index (χ1n) is 6.06. The fourth-order valence-electron chi connectivity index (χ4n) is 1.69. The Morgan fingerprint density at radius 3 is 2.57 bits per heavy atom. The predicted molar refractivity (Wildman–Crippen MR) is 78.1 cm³/mol. The molecule has 0 heterocycles. The van der Waals surface area contributed by atoms with Crippen LogP contribution in [0.1, 0.15) is 15.9 Å². The lowest BCUT2D eigenvalue weighted by Crippen LogP contribution is -2.04. The zero-order valence-corrected chi connectivity index (χ0v) is 12.0. The highest BCUT2D eigenvalue weighted by Crippen LogP contribution is 2.26. The van der Waals surface area contributed by atoms with Crippen molar-refractivity contribution < 1.29 is 18.3 Å². The van der Waals surface area contributed by atoms with Crippen molar-refractivity contribution in [2.45, 2.75) is 10.6 Å². The van der Waals surface area contributed by atoms with Gasteiger partial charge in [-0.15, -0.1) is 11.8 Å². The van der Waals surface area contributed by atoms with E-state index in [2.05, 4.69) is 4.74 Å². The van der Waals surface area contributed by atoms with Crippen LogP contribution in [0.4, 0.5) is 14.5 Å². The van der Waals surface area contributed by atoms with Crippen LogP contribution < -0.4 is 5.73 Å². The van der Waals surface area contributed by atoms with Gasteiger partial charge in [-0.2, -0.15) is 0 Å². The van der Waals surface area contributed by atoms with Gasteiger partial charge in [-0.25, -0.2) is 13.6 Å². The van der Waals surface area contributed by atoms with Gasteiger partial charge in [0.2, 0.25) is 0 Å².